The van der Waals surface area contributed by atoms with Gasteiger partial charge in [0.05, 0.1) is 6.10 Å². The zero-order valence-corrected chi connectivity index (χ0v) is 10.1. The SMILES string of the molecule is Cc1[nH]nc(S(=O)(=O)NC[C@@H](C)O)c1C(=O)O. The Morgan fingerprint density at radius 3 is 2.65 bits per heavy atom. The lowest BCUT2D eigenvalue weighted by atomic mass is 10.3. The Hall–Kier alpha value is -1.45. The Bertz CT molecular complexity index is 519. The fourth-order valence-corrected chi connectivity index (χ4v) is 2.42. The Morgan fingerprint density at radius 1 is 1.59 bits per heavy atom. The summed E-state index contributed by atoms with van der Waals surface area (Å²) in [5.74, 6) is -1.38. The second-order valence-electron chi connectivity index (χ2n) is 3.53. The molecule has 1 aromatic rings. The van der Waals surface area contributed by atoms with Crippen LogP contribution in [0.2, 0.25) is 0 Å². The van der Waals surface area contributed by atoms with Crippen molar-refractivity contribution < 1.29 is 23.4 Å². The number of aryl methyl sites for hydroxylation is 1. The van der Waals surface area contributed by atoms with E-state index in [1.807, 2.05) is 0 Å². The maximum atomic E-state index is 11.7. The third-order valence-corrected chi connectivity index (χ3v) is 3.30. The fourth-order valence-electron chi connectivity index (χ4n) is 1.15. The van der Waals surface area contributed by atoms with Crippen LogP contribution in [0.15, 0.2) is 5.03 Å². The van der Waals surface area contributed by atoms with Crippen molar-refractivity contribution in [3.05, 3.63) is 11.3 Å². The van der Waals surface area contributed by atoms with Gasteiger partial charge in [-0.25, -0.2) is 17.9 Å². The van der Waals surface area contributed by atoms with Crippen LogP contribution in [0.1, 0.15) is 23.0 Å². The number of hydrogen-bond donors (Lipinski definition) is 4. The summed E-state index contributed by atoms with van der Waals surface area (Å²) in [5, 5.41) is 23.0. The molecule has 0 bridgehead atoms. The van der Waals surface area contributed by atoms with Crippen molar-refractivity contribution in [2.45, 2.75) is 25.0 Å². The molecule has 9 heteroatoms. The molecule has 0 aliphatic carbocycles. The molecule has 8 nitrogen and oxygen atoms in total. The maximum Gasteiger partial charge on any atom is 0.340 e. The molecule has 0 aliphatic rings. The smallest absolute Gasteiger partial charge is 0.340 e. The number of aromatic amines is 1. The summed E-state index contributed by atoms with van der Waals surface area (Å²) in [6.07, 6.45) is -0.877. The number of carboxylic acids is 1. The molecule has 0 unspecified atom stereocenters. The van der Waals surface area contributed by atoms with Crippen molar-refractivity contribution in [2.24, 2.45) is 0 Å². The van der Waals surface area contributed by atoms with Gasteiger partial charge in [0.1, 0.15) is 5.56 Å². The third kappa shape index (κ3) is 3.02. The van der Waals surface area contributed by atoms with Gasteiger partial charge in [-0.15, -0.1) is 0 Å². The number of H-pyrrole nitrogens is 1. The summed E-state index contributed by atoms with van der Waals surface area (Å²) in [6, 6.07) is 0. The lowest BCUT2D eigenvalue weighted by Crippen LogP contribution is -2.31. The Balaban J connectivity index is 3.12. The third-order valence-electron chi connectivity index (χ3n) is 1.95. The fraction of sp³-hybridized carbons (Fsp3) is 0.500. The quantitative estimate of drug-likeness (QED) is 0.543. The monoisotopic (exact) mass is 263 g/mol. The summed E-state index contributed by atoms with van der Waals surface area (Å²) in [6.45, 7) is 2.59. The number of aliphatic hydroxyl groups is 1. The highest BCUT2D eigenvalue weighted by molar-refractivity contribution is 7.89. The molecule has 0 amide bonds. The number of hydrogen-bond acceptors (Lipinski definition) is 5. The minimum Gasteiger partial charge on any atom is -0.478 e. The molecule has 1 atom stereocenters. The molecule has 0 fully saturated rings. The molecule has 96 valence electrons. The van der Waals surface area contributed by atoms with Crippen molar-refractivity contribution in [1.82, 2.24) is 14.9 Å². The summed E-state index contributed by atoms with van der Waals surface area (Å²) in [4.78, 5) is 10.9. The van der Waals surface area contributed by atoms with Gasteiger partial charge in [0, 0.05) is 12.2 Å². The zero-order valence-electron chi connectivity index (χ0n) is 9.26. The van der Waals surface area contributed by atoms with Crippen molar-refractivity contribution in [2.75, 3.05) is 6.54 Å². The lowest BCUT2D eigenvalue weighted by Gasteiger charge is -2.06. The van der Waals surface area contributed by atoms with E-state index in [9.17, 15) is 13.2 Å². The number of sulfonamides is 1. The van der Waals surface area contributed by atoms with E-state index in [1.165, 1.54) is 13.8 Å². The van der Waals surface area contributed by atoms with Crippen molar-refractivity contribution in [1.29, 1.82) is 0 Å². The number of nitrogens with one attached hydrogen (secondary N) is 2. The van der Waals surface area contributed by atoms with E-state index >= 15 is 0 Å². The topological polar surface area (TPSA) is 132 Å². The number of carbonyl (C=O) groups is 1. The summed E-state index contributed by atoms with van der Waals surface area (Å²) in [5.41, 5.74) is -0.252. The van der Waals surface area contributed by atoms with E-state index in [2.05, 4.69) is 14.9 Å². The van der Waals surface area contributed by atoms with Crippen molar-refractivity contribution in [3.8, 4) is 0 Å². The van der Waals surface area contributed by atoms with E-state index in [-0.39, 0.29) is 12.2 Å². The lowest BCUT2D eigenvalue weighted by molar-refractivity contribution is 0.0692. The second-order valence-corrected chi connectivity index (χ2v) is 5.22. The van der Waals surface area contributed by atoms with Crippen LogP contribution in [-0.2, 0) is 10.0 Å². The number of rotatable bonds is 5. The number of nitrogens with zero attached hydrogens (tertiary/aromatic N) is 1. The average molecular weight is 263 g/mol. The largest absolute Gasteiger partial charge is 0.478 e. The van der Waals surface area contributed by atoms with Crippen LogP contribution in [0.3, 0.4) is 0 Å². The first-order chi connectivity index (χ1) is 7.75. The molecule has 0 aliphatic heterocycles. The van der Waals surface area contributed by atoms with Crippen LogP contribution < -0.4 is 4.72 Å². The van der Waals surface area contributed by atoms with Crippen LogP contribution in [-0.4, -0.2) is 47.4 Å². The van der Waals surface area contributed by atoms with Gasteiger partial charge in [-0.1, -0.05) is 0 Å². The summed E-state index contributed by atoms with van der Waals surface area (Å²) >= 11 is 0. The molecular weight excluding hydrogens is 250 g/mol. The van der Waals surface area contributed by atoms with E-state index in [1.54, 1.807) is 0 Å². The molecule has 17 heavy (non-hydrogen) atoms. The molecule has 0 saturated heterocycles. The van der Waals surface area contributed by atoms with Gasteiger partial charge in [-0.3, -0.25) is 5.10 Å². The number of aliphatic hydroxyl groups excluding tert-OH is 1. The van der Waals surface area contributed by atoms with Gasteiger partial charge in [0.25, 0.3) is 10.0 Å². The van der Waals surface area contributed by atoms with Crippen LogP contribution in [0.4, 0.5) is 0 Å². The van der Waals surface area contributed by atoms with Crippen LogP contribution in [0.5, 0.6) is 0 Å². The average Bonchev–Trinajstić information content (AvgIpc) is 2.58. The Morgan fingerprint density at radius 2 is 2.18 bits per heavy atom. The second kappa shape index (κ2) is 4.82. The highest BCUT2D eigenvalue weighted by atomic mass is 32.2. The Kier molecular flexibility index (Phi) is 3.86. The van der Waals surface area contributed by atoms with E-state index in [4.69, 9.17) is 10.2 Å². The van der Waals surface area contributed by atoms with Gasteiger partial charge < -0.3 is 10.2 Å². The first kappa shape index (κ1) is 13.6. The minimum atomic E-state index is -4.04. The molecule has 4 N–H and O–H groups in total. The molecule has 0 radical (unpaired) electrons. The van der Waals surface area contributed by atoms with Crippen LogP contribution >= 0.6 is 0 Å². The maximum absolute atomic E-state index is 11.7. The van der Waals surface area contributed by atoms with Crippen molar-refractivity contribution in [3.63, 3.8) is 0 Å². The summed E-state index contributed by atoms with van der Waals surface area (Å²) < 4.78 is 25.5. The number of aromatic nitrogens is 2. The Labute approximate surface area is 97.7 Å². The molecular formula is C8H13N3O5S. The highest BCUT2D eigenvalue weighted by Crippen LogP contribution is 2.15. The van der Waals surface area contributed by atoms with Gasteiger partial charge in [0.2, 0.25) is 5.03 Å². The van der Waals surface area contributed by atoms with E-state index in [0.29, 0.717) is 0 Å². The predicted molar refractivity (Wildman–Crippen MR) is 57.2 cm³/mol. The van der Waals surface area contributed by atoms with E-state index in [0.717, 1.165) is 0 Å². The molecule has 0 saturated carbocycles. The molecule has 1 rings (SSSR count). The molecule has 1 heterocycles. The molecule has 0 spiro atoms. The standard InChI is InChI=1S/C8H13N3O5S/c1-4(12)3-9-17(15,16)7-6(8(13)14)5(2)10-11-7/h4,9,12H,3H2,1-2H3,(H,10,11)(H,13,14)/t4-/m1/s1. The first-order valence-corrected chi connectivity index (χ1v) is 6.20. The minimum absolute atomic E-state index is 0.148. The van der Waals surface area contributed by atoms with Gasteiger partial charge >= 0.3 is 5.97 Å². The molecule has 0 aromatic carbocycles. The van der Waals surface area contributed by atoms with Crippen LogP contribution in [0.25, 0.3) is 0 Å². The number of aromatic carboxylic acids is 1. The van der Waals surface area contributed by atoms with Crippen molar-refractivity contribution >= 4 is 16.0 Å². The first-order valence-electron chi connectivity index (χ1n) is 4.71. The molecule has 1 aromatic heterocycles. The normalized spacial score (nSPS) is 13.6. The van der Waals surface area contributed by atoms with Crippen LogP contribution in [0, 0.1) is 6.92 Å². The van der Waals surface area contributed by atoms with Gasteiger partial charge in [0.15, 0.2) is 0 Å². The number of carboxylic acid groups (broad SMARTS) is 1. The van der Waals surface area contributed by atoms with Gasteiger partial charge in [-0.2, -0.15) is 5.10 Å². The van der Waals surface area contributed by atoms with E-state index < -0.39 is 32.7 Å². The highest BCUT2D eigenvalue weighted by Gasteiger charge is 2.27. The zero-order chi connectivity index (χ0) is 13.2. The van der Waals surface area contributed by atoms with Gasteiger partial charge in [-0.05, 0) is 13.8 Å². The summed E-state index contributed by atoms with van der Waals surface area (Å²) in [7, 11) is -4.04. The predicted octanol–water partition coefficient (Wildman–Crippen LogP) is -0.925.